The Morgan fingerprint density at radius 2 is 1.74 bits per heavy atom. The molecule has 0 aromatic heterocycles. The molecule has 142 valence electrons. The molecule has 2 rings (SSSR count). The van der Waals surface area contributed by atoms with Gasteiger partial charge in [-0.25, -0.2) is 13.1 Å². The second-order valence-electron chi connectivity index (χ2n) is 5.39. The maximum atomic E-state index is 12.0. The van der Waals surface area contributed by atoms with Crippen LogP contribution >= 0.6 is 11.8 Å². The Balaban J connectivity index is 1.79. The van der Waals surface area contributed by atoms with Gasteiger partial charge in [0, 0.05) is 15.9 Å². The van der Waals surface area contributed by atoms with Crippen LogP contribution in [0.5, 0.6) is 0 Å². The molecule has 0 heterocycles. The molecule has 0 aliphatic carbocycles. The van der Waals surface area contributed by atoms with Crippen molar-refractivity contribution in [2.24, 2.45) is 0 Å². The molecule has 0 fully saturated rings. The maximum Gasteiger partial charge on any atom is 0.321 e. The van der Waals surface area contributed by atoms with Crippen LogP contribution in [-0.2, 0) is 19.6 Å². The molecule has 2 aromatic rings. The summed E-state index contributed by atoms with van der Waals surface area (Å²) in [6.07, 6.45) is 3.34. The molecule has 27 heavy (non-hydrogen) atoms. The molecule has 8 heteroatoms. The van der Waals surface area contributed by atoms with E-state index >= 15 is 0 Å². The third-order valence-electron chi connectivity index (χ3n) is 3.43. The van der Waals surface area contributed by atoms with Gasteiger partial charge in [0.05, 0.1) is 0 Å². The molecular formula is C19H19NO5S2. The Bertz CT molecular complexity index is 907. The molecule has 0 aliphatic heterocycles. The first-order valence-electron chi connectivity index (χ1n) is 7.95. The van der Waals surface area contributed by atoms with E-state index in [2.05, 4.69) is 4.72 Å². The number of sulfonamides is 1. The smallest absolute Gasteiger partial charge is 0.321 e. The predicted octanol–water partition coefficient (Wildman–Crippen LogP) is 2.72. The number of ether oxygens (including phenoxy) is 1. The molecule has 1 N–H and O–H groups in total. The first-order valence-corrected chi connectivity index (χ1v) is 10.7. The van der Waals surface area contributed by atoms with Crippen molar-refractivity contribution < 1.29 is 22.7 Å². The third-order valence-corrected chi connectivity index (χ3v) is 5.22. The summed E-state index contributed by atoms with van der Waals surface area (Å²) in [5, 5.41) is 0.966. The van der Waals surface area contributed by atoms with Crippen molar-refractivity contribution in [1.29, 1.82) is 0 Å². The van der Waals surface area contributed by atoms with Gasteiger partial charge in [-0.1, -0.05) is 42.5 Å². The molecule has 0 radical (unpaired) electrons. The van der Waals surface area contributed by atoms with E-state index in [1.807, 2.05) is 12.3 Å². The van der Waals surface area contributed by atoms with Gasteiger partial charge in [0.1, 0.15) is 6.54 Å². The average Bonchev–Trinajstić information content (AvgIpc) is 2.70. The molecule has 0 saturated carbocycles. The number of Topliss-reactive ketones (excluding diaryl/α,β-unsaturated/α-hetero) is 1. The monoisotopic (exact) mass is 405 g/mol. The van der Waals surface area contributed by atoms with E-state index in [0.29, 0.717) is 11.1 Å². The van der Waals surface area contributed by atoms with Crippen molar-refractivity contribution in [2.45, 2.75) is 4.90 Å². The number of carbonyl (C=O) groups is 2. The van der Waals surface area contributed by atoms with Crippen LogP contribution in [0.3, 0.4) is 0 Å². The quantitative estimate of drug-likeness (QED) is 0.392. The Kier molecular flexibility index (Phi) is 7.78. The summed E-state index contributed by atoms with van der Waals surface area (Å²) in [6.45, 7) is -1.00. The zero-order valence-electron chi connectivity index (χ0n) is 14.6. The Morgan fingerprint density at radius 1 is 1.07 bits per heavy atom. The normalized spacial score (nSPS) is 11.4. The van der Waals surface area contributed by atoms with Crippen molar-refractivity contribution in [3.63, 3.8) is 0 Å². The molecule has 6 nitrogen and oxygen atoms in total. The highest BCUT2D eigenvalue weighted by molar-refractivity contribution is 7.98. The SMILES string of the molecule is CSc1ccc(C(=O)COC(=O)CNS(=O)(=O)/C=C/c2ccccc2)cc1. The molecule has 0 unspecified atom stereocenters. The fourth-order valence-corrected chi connectivity index (χ4v) is 3.16. The molecule has 0 atom stereocenters. The van der Waals surface area contributed by atoms with Gasteiger partial charge in [-0.05, 0) is 30.0 Å². The highest BCUT2D eigenvalue weighted by Crippen LogP contribution is 2.15. The highest BCUT2D eigenvalue weighted by Gasteiger charge is 2.13. The Labute approximate surface area is 162 Å². The number of thioether (sulfide) groups is 1. The number of rotatable bonds is 9. The number of nitrogens with one attached hydrogen (secondary N) is 1. The minimum absolute atomic E-state index is 0.358. The molecule has 0 spiro atoms. The first-order chi connectivity index (χ1) is 12.9. The minimum atomic E-state index is -3.79. The van der Waals surface area contributed by atoms with Crippen molar-refractivity contribution in [1.82, 2.24) is 4.72 Å². The number of ketones is 1. The van der Waals surface area contributed by atoms with E-state index in [1.54, 1.807) is 60.3 Å². The number of hydrogen-bond donors (Lipinski definition) is 1. The van der Waals surface area contributed by atoms with Crippen LogP contribution in [0.2, 0.25) is 0 Å². The summed E-state index contributed by atoms with van der Waals surface area (Å²) < 4.78 is 30.6. The van der Waals surface area contributed by atoms with Gasteiger partial charge in [-0.15, -0.1) is 11.8 Å². The topological polar surface area (TPSA) is 89.5 Å². The summed E-state index contributed by atoms with van der Waals surface area (Å²) in [5.74, 6) is -1.19. The lowest BCUT2D eigenvalue weighted by molar-refractivity contribution is -0.141. The van der Waals surface area contributed by atoms with E-state index in [9.17, 15) is 18.0 Å². The molecule has 0 bridgehead atoms. The number of carbonyl (C=O) groups excluding carboxylic acids is 2. The summed E-state index contributed by atoms with van der Waals surface area (Å²) in [6, 6.07) is 15.8. The second kappa shape index (κ2) is 10.1. The molecule has 0 amide bonds. The highest BCUT2D eigenvalue weighted by atomic mass is 32.2. The van der Waals surface area contributed by atoms with E-state index in [1.165, 1.54) is 6.08 Å². The van der Waals surface area contributed by atoms with E-state index in [4.69, 9.17) is 4.74 Å². The Morgan fingerprint density at radius 3 is 2.37 bits per heavy atom. The van der Waals surface area contributed by atoms with Gasteiger partial charge in [-0.2, -0.15) is 0 Å². The lowest BCUT2D eigenvalue weighted by Crippen LogP contribution is -2.30. The average molecular weight is 405 g/mol. The van der Waals surface area contributed by atoms with Crippen molar-refractivity contribution in [2.75, 3.05) is 19.4 Å². The van der Waals surface area contributed by atoms with Crippen LogP contribution in [0.1, 0.15) is 15.9 Å². The van der Waals surface area contributed by atoms with Crippen LogP contribution < -0.4 is 4.72 Å². The molecular weight excluding hydrogens is 386 g/mol. The fourth-order valence-electron chi connectivity index (χ4n) is 2.00. The lowest BCUT2D eigenvalue weighted by Gasteiger charge is -2.06. The summed E-state index contributed by atoms with van der Waals surface area (Å²) >= 11 is 1.55. The number of benzene rings is 2. The largest absolute Gasteiger partial charge is 0.456 e. The van der Waals surface area contributed by atoms with E-state index in [0.717, 1.165) is 10.3 Å². The first kappa shape index (κ1) is 20.9. The third kappa shape index (κ3) is 7.38. The van der Waals surface area contributed by atoms with Crippen molar-refractivity contribution >= 4 is 39.6 Å². The Hall–Kier alpha value is -2.42. The van der Waals surface area contributed by atoms with Crippen LogP contribution in [0.15, 0.2) is 64.9 Å². The van der Waals surface area contributed by atoms with Crippen molar-refractivity contribution in [3.05, 3.63) is 71.1 Å². The maximum absolute atomic E-state index is 12.0. The van der Waals surface area contributed by atoms with Gasteiger partial charge >= 0.3 is 5.97 Å². The van der Waals surface area contributed by atoms with Gasteiger partial charge in [0.25, 0.3) is 0 Å². The summed E-state index contributed by atoms with van der Waals surface area (Å²) in [7, 11) is -3.79. The van der Waals surface area contributed by atoms with E-state index in [-0.39, 0.29) is 5.78 Å². The number of hydrogen-bond acceptors (Lipinski definition) is 6. The lowest BCUT2D eigenvalue weighted by atomic mass is 10.1. The van der Waals surface area contributed by atoms with Crippen LogP contribution in [0, 0.1) is 0 Å². The van der Waals surface area contributed by atoms with Gasteiger partial charge in [0.15, 0.2) is 12.4 Å². The zero-order valence-corrected chi connectivity index (χ0v) is 16.3. The van der Waals surface area contributed by atoms with Crippen molar-refractivity contribution in [3.8, 4) is 0 Å². The summed E-state index contributed by atoms with van der Waals surface area (Å²) in [4.78, 5) is 24.7. The molecule has 0 aliphatic rings. The minimum Gasteiger partial charge on any atom is -0.456 e. The fraction of sp³-hybridized carbons (Fsp3) is 0.158. The summed E-state index contributed by atoms with van der Waals surface area (Å²) in [5.41, 5.74) is 1.13. The van der Waals surface area contributed by atoms with E-state index < -0.39 is 29.1 Å². The number of esters is 1. The van der Waals surface area contributed by atoms with Crippen LogP contribution in [0.4, 0.5) is 0 Å². The standard InChI is InChI=1S/C19H19NO5S2/c1-26-17-9-7-16(8-10-17)18(21)14-25-19(22)13-20-27(23,24)12-11-15-5-3-2-4-6-15/h2-12,20H,13-14H2,1H3/b12-11+. The van der Waals surface area contributed by atoms with Gasteiger partial charge in [-0.3, -0.25) is 9.59 Å². The van der Waals surface area contributed by atoms with Gasteiger partial charge in [0.2, 0.25) is 10.0 Å². The van der Waals surface area contributed by atoms with Gasteiger partial charge < -0.3 is 4.74 Å². The van der Waals surface area contributed by atoms with Crippen LogP contribution in [-0.4, -0.2) is 39.6 Å². The predicted molar refractivity (Wildman–Crippen MR) is 106 cm³/mol. The zero-order chi connectivity index (χ0) is 19.7. The van der Waals surface area contributed by atoms with Crippen LogP contribution in [0.25, 0.3) is 6.08 Å². The molecule has 2 aromatic carbocycles. The molecule has 0 saturated heterocycles. The second-order valence-corrected chi connectivity index (χ2v) is 7.92.